The molecule has 1 aliphatic rings. The summed E-state index contributed by atoms with van der Waals surface area (Å²) >= 11 is 15.8. The zero-order valence-electron chi connectivity index (χ0n) is 18.9. The van der Waals surface area contributed by atoms with Crippen LogP contribution in [0.4, 0.5) is 5.69 Å². The van der Waals surface area contributed by atoms with Crippen molar-refractivity contribution < 1.29 is 14.3 Å². The summed E-state index contributed by atoms with van der Waals surface area (Å²) in [4.78, 5) is 27.8. The summed E-state index contributed by atoms with van der Waals surface area (Å²) in [6, 6.07) is 14.9. The average molecular weight is 560 g/mol. The van der Waals surface area contributed by atoms with Crippen LogP contribution in [-0.2, 0) is 14.3 Å². The van der Waals surface area contributed by atoms with Gasteiger partial charge in [0.1, 0.15) is 0 Å². The van der Waals surface area contributed by atoms with Crippen LogP contribution in [0.25, 0.3) is 11.8 Å². The topological polar surface area (TPSA) is 51.5 Å². The van der Waals surface area contributed by atoms with Gasteiger partial charge in [0.15, 0.2) is 0 Å². The Morgan fingerprint density at radius 3 is 2.38 bits per heavy atom. The van der Waals surface area contributed by atoms with Crippen molar-refractivity contribution in [2.24, 2.45) is 0 Å². The number of anilines is 1. The third-order valence-corrected chi connectivity index (χ3v) is 7.02. The fourth-order valence-electron chi connectivity index (χ4n) is 4.22. The van der Waals surface area contributed by atoms with Gasteiger partial charge in [-0.3, -0.25) is 9.69 Å². The summed E-state index contributed by atoms with van der Waals surface area (Å²) in [5, 5.41) is 0.692. The molecule has 0 bridgehead atoms. The third kappa shape index (κ3) is 4.22. The summed E-state index contributed by atoms with van der Waals surface area (Å²) < 4.78 is 8.08. The number of benzene rings is 2. The lowest BCUT2D eigenvalue weighted by Gasteiger charge is -2.18. The van der Waals surface area contributed by atoms with E-state index in [1.54, 1.807) is 31.2 Å². The van der Waals surface area contributed by atoms with Crippen molar-refractivity contribution in [1.82, 2.24) is 4.57 Å². The lowest BCUT2D eigenvalue weighted by atomic mass is 10.0. The van der Waals surface area contributed by atoms with Crippen LogP contribution in [-0.4, -0.2) is 23.6 Å². The molecular weight excluding hydrogens is 539 g/mol. The van der Waals surface area contributed by atoms with Gasteiger partial charge >= 0.3 is 5.97 Å². The lowest BCUT2D eigenvalue weighted by molar-refractivity contribution is -0.136. The van der Waals surface area contributed by atoms with Crippen molar-refractivity contribution in [2.45, 2.75) is 20.8 Å². The molecule has 8 heteroatoms. The molecule has 1 amide bonds. The average Bonchev–Trinajstić information content (AvgIpc) is 3.21. The van der Waals surface area contributed by atoms with Gasteiger partial charge in [-0.25, -0.2) is 4.79 Å². The van der Waals surface area contributed by atoms with E-state index in [1.807, 2.05) is 44.2 Å². The molecule has 3 aromatic rings. The van der Waals surface area contributed by atoms with Crippen LogP contribution in [0.5, 0.6) is 0 Å². The van der Waals surface area contributed by atoms with Crippen molar-refractivity contribution in [3.05, 3.63) is 96.8 Å². The number of amides is 1. The number of esters is 1. The number of hydrogen-bond donors (Lipinski definition) is 0. The summed E-state index contributed by atoms with van der Waals surface area (Å²) in [5.74, 6) is -0.927. The molecule has 1 aliphatic heterocycles. The van der Waals surface area contributed by atoms with Crippen molar-refractivity contribution in [3.8, 4) is 5.69 Å². The minimum Gasteiger partial charge on any atom is -0.465 e. The van der Waals surface area contributed by atoms with Crippen molar-refractivity contribution in [3.63, 3.8) is 0 Å². The number of methoxy groups -OCH3 is 1. The van der Waals surface area contributed by atoms with Crippen molar-refractivity contribution >= 4 is 62.8 Å². The third-order valence-electron chi connectivity index (χ3n) is 5.79. The molecule has 0 saturated heterocycles. The maximum atomic E-state index is 13.6. The number of carbonyl (C=O) groups is 2. The Morgan fingerprint density at radius 1 is 1.00 bits per heavy atom. The summed E-state index contributed by atoms with van der Waals surface area (Å²) in [6.45, 7) is 5.68. The maximum Gasteiger partial charge on any atom is 0.340 e. The highest BCUT2D eigenvalue weighted by Gasteiger charge is 2.38. The van der Waals surface area contributed by atoms with Crippen molar-refractivity contribution in [2.75, 3.05) is 12.0 Å². The van der Waals surface area contributed by atoms with Gasteiger partial charge in [-0.1, -0.05) is 45.2 Å². The molecule has 4 rings (SSSR count). The van der Waals surface area contributed by atoms with Crippen LogP contribution in [0.2, 0.25) is 10.0 Å². The maximum absolute atomic E-state index is 13.6. The normalized spacial score (nSPS) is 15.0. The number of hydrogen-bond acceptors (Lipinski definition) is 3. The molecule has 0 unspecified atom stereocenters. The fourth-order valence-corrected chi connectivity index (χ4v) is 4.90. The van der Waals surface area contributed by atoms with E-state index < -0.39 is 5.97 Å². The zero-order valence-corrected chi connectivity index (χ0v) is 22.0. The zero-order chi connectivity index (χ0) is 24.7. The number of aromatic nitrogens is 1. The largest absolute Gasteiger partial charge is 0.465 e. The summed E-state index contributed by atoms with van der Waals surface area (Å²) in [7, 11) is 1.30. The molecule has 1 aromatic heterocycles. The highest BCUT2D eigenvalue weighted by molar-refractivity contribution is 9.10. The Morgan fingerprint density at radius 2 is 1.74 bits per heavy atom. The monoisotopic (exact) mass is 558 g/mol. The Balaban J connectivity index is 1.86. The Hall–Kier alpha value is -2.80. The SMILES string of the molecule is COC(=O)C1=C(C)N(c2ccc(Cl)c(Cl)c2)C(=O)/C1=C\c1cc(C)n(-c2cccc(Br)c2)c1C. The van der Waals surface area contributed by atoms with Gasteiger partial charge in [0, 0.05) is 27.2 Å². The molecule has 5 nitrogen and oxygen atoms in total. The van der Waals surface area contributed by atoms with Crippen LogP contribution in [0, 0.1) is 13.8 Å². The van der Waals surface area contributed by atoms with Crippen LogP contribution >= 0.6 is 39.1 Å². The van der Waals surface area contributed by atoms with Gasteiger partial charge in [0.25, 0.3) is 5.91 Å². The second kappa shape index (κ2) is 9.45. The van der Waals surface area contributed by atoms with E-state index >= 15 is 0 Å². The highest BCUT2D eigenvalue weighted by Crippen LogP contribution is 2.38. The number of allylic oxidation sites excluding steroid dienone is 1. The van der Waals surface area contributed by atoms with Gasteiger partial charge in [0.05, 0.1) is 34.0 Å². The fraction of sp³-hybridized carbons (Fsp3) is 0.154. The van der Waals surface area contributed by atoms with E-state index in [-0.39, 0.29) is 17.1 Å². The molecule has 34 heavy (non-hydrogen) atoms. The van der Waals surface area contributed by atoms with Gasteiger partial charge in [-0.15, -0.1) is 0 Å². The second-order valence-corrected chi connectivity index (χ2v) is 9.62. The molecular formula is C26H21BrCl2N2O3. The van der Waals surface area contributed by atoms with E-state index in [4.69, 9.17) is 27.9 Å². The predicted molar refractivity (Wildman–Crippen MR) is 140 cm³/mol. The first-order valence-corrected chi connectivity index (χ1v) is 11.9. The first-order valence-electron chi connectivity index (χ1n) is 10.4. The molecule has 2 heterocycles. The molecule has 0 fully saturated rings. The van der Waals surface area contributed by atoms with E-state index in [0.717, 1.165) is 27.1 Å². The van der Waals surface area contributed by atoms with Crippen molar-refractivity contribution in [1.29, 1.82) is 0 Å². The van der Waals surface area contributed by atoms with Crippen LogP contribution in [0.3, 0.4) is 0 Å². The van der Waals surface area contributed by atoms with E-state index in [2.05, 4.69) is 20.5 Å². The van der Waals surface area contributed by atoms with Gasteiger partial charge in [-0.05, 0) is 74.9 Å². The molecule has 0 radical (unpaired) electrons. The second-order valence-electron chi connectivity index (χ2n) is 7.89. The number of carbonyl (C=O) groups excluding carboxylic acids is 2. The minimum absolute atomic E-state index is 0.214. The number of halogens is 3. The van der Waals surface area contributed by atoms with Gasteiger partial charge in [-0.2, -0.15) is 0 Å². The van der Waals surface area contributed by atoms with Gasteiger partial charge < -0.3 is 9.30 Å². The number of aryl methyl sites for hydroxylation is 1. The van der Waals surface area contributed by atoms with Crippen LogP contribution in [0.15, 0.2) is 69.8 Å². The van der Waals surface area contributed by atoms with Crippen LogP contribution in [0.1, 0.15) is 23.9 Å². The number of ether oxygens (including phenoxy) is 1. The molecule has 0 saturated carbocycles. The molecule has 0 atom stereocenters. The quantitative estimate of drug-likeness (QED) is 0.254. The highest BCUT2D eigenvalue weighted by atomic mass is 79.9. The van der Waals surface area contributed by atoms with E-state index in [0.29, 0.717) is 21.4 Å². The smallest absolute Gasteiger partial charge is 0.340 e. The predicted octanol–water partition coefficient (Wildman–Crippen LogP) is 7.04. The molecule has 0 spiro atoms. The standard InChI is InChI=1S/C26H21BrCl2N2O3/c1-14-10-17(15(2)30(14)19-7-5-6-18(27)12-19)11-21-24(26(33)34-4)16(3)31(25(21)32)20-8-9-22(28)23(29)13-20/h5-13H,1-4H3/b21-11-. The molecule has 2 aromatic carbocycles. The Bertz CT molecular complexity index is 1410. The van der Waals surface area contributed by atoms with Gasteiger partial charge in [0.2, 0.25) is 0 Å². The first-order chi connectivity index (χ1) is 16.1. The molecule has 0 N–H and O–H groups in total. The number of nitrogens with zero attached hydrogens (tertiary/aromatic N) is 2. The summed E-state index contributed by atoms with van der Waals surface area (Å²) in [5.41, 5.74) is 5.19. The Labute approximate surface area is 216 Å². The number of rotatable bonds is 4. The molecule has 174 valence electrons. The lowest BCUT2D eigenvalue weighted by Crippen LogP contribution is -2.24. The first kappa shape index (κ1) is 24.3. The summed E-state index contributed by atoms with van der Waals surface area (Å²) in [6.07, 6.45) is 1.74. The molecule has 0 aliphatic carbocycles. The van der Waals surface area contributed by atoms with E-state index in [9.17, 15) is 9.59 Å². The van der Waals surface area contributed by atoms with Crippen LogP contribution < -0.4 is 4.90 Å². The minimum atomic E-state index is -0.583. The Kier molecular flexibility index (Phi) is 6.76. The van der Waals surface area contributed by atoms with E-state index in [1.165, 1.54) is 12.0 Å².